The number of hydrogen-bond acceptors (Lipinski definition) is 3. The number of hydrogen-bond donors (Lipinski definition) is 1. The van der Waals surface area contributed by atoms with E-state index in [1.54, 1.807) is 11.3 Å². The minimum absolute atomic E-state index is 0.271. The summed E-state index contributed by atoms with van der Waals surface area (Å²) in [6.07, 6.45) is 2.64. The molecule has 1 aliphatic rings. The lowest BCUT2D eigenvalue weighted by Crippen LogP contribution is -2.21. The summed E-state index contributed by atoms with van der Waals surface area (Å²) in [5, 5.41) is 2.81. The Hall–Kier alpha value is 0.01000. The van der Waals surface area contributed by atoms with E-state index in [0.29, 0.717) is 5.25 Å². The predicted molar refractivity (Wildman–Crippen MR) is 61.5 cm³/mol. The zero-order chi connectivity index (χ0) is 9.26. The average Bonchev–Trinajstić information content (AvgIpc) is 2.72. The number of rotatable bonds is 2. The topological polar surface area (TPSA) is 26.0 Å². The zero-order valence-electron chi connectivity index (χ0n) is 7.82. The molecule has 1 nitrogen and oxygen atoms in total. The summed E-state index contributed by atoms with van der Waals surface area (Å²) in [7, 11) is 0. The molecular formula is C10H15NS2. The summed E-state index contributed by atoms with van der Waals surface area (Å²) in [5.41, 5.74) is 7.60. The van der Waals surface area contributed by atoms with Gasteiger partial charge < -0.3 is 5.73 Å². The van der Waals surface area contributed by atoms with Crippen molar-refractivity contribution < 1.29 is 0 Å². The monoisotopic (exact) mass is 213 g/mol. The van der Waals surface area contributed by atoms with Crippen molar-refractivity contribution in [3.05, 3.63) is 21.9 Å². The van der Waals surface area contributed by atoms with E-state index in [1.807, 2.05) is 11.8 Å². The first-order chi connectivity index (χ1) is 6.29. The van der Waals surface area contributed by atoms with E-state index in [2.05, 4.69) is 18.4 Å². The SMILES string of the molecule is Cc1ccsc1C(N)C1CCCS1. The van der Waals surface area contributed by atoms with Gasteiger partial charge in [0.15, 0.2) is 0 Å². The molecule has 2 heterocycles. The van der Waals surface area contributed by atoms with Gasteiger partial charge >= 0.3 is 0 Å². The number of thiophene rings is 1. The van der Waals surface area contributed by atoms with Crippen molar-refractivity contribution in [2.24, 2.45) is 5.73 Å². The summed E-state index contributed by atoms with van der Waals surface area (Å²) in [5.74, 6) is 1.29. The van der Waals surface area contributed by atoms with E-state index in [-0.39, 0.29) is 6.04 Å². The standard InChI is InChI=1S/C10H15NS2/c1-7-4-6-13-10(7)9(11)8-3-2-5-12-8/h4,6,8-9H,2-3,5,11H2,1H3. The highest BCUT2D eigenvalue weighted by Crippen LogP contribution is 2.37. The van der Waals surface area contributed by atoms with E-state index in [4.69, 9.17) is 5.73 Å². The van der Waals surface area contributed by atoms with Crippen molar-refractivity contribution in [2.75, 3.05) is 5.75 Å². The van der Waals surface area contributed by atoms with E-state index >= 15 is 0 Å². The molecule has 1 aromatic rings. The smallest absolute Gasteiger partial charge is 0.0513 e. The number of nitrogens with two attached hydrogens (primary N) is 1. The van der Waals surface area contributed by atoms with Crippen LogP contribution in [0.15, 0.2) is 11.4 Å². The summed E-state index contributed by atoms with van der Waals surface area (Å²) in [6.45, 7) is 2.16. The molecule has 72 valence electrons. The quantitative estimate of drug-likeness (QED) is 0.817. The zero-order valence-corrected chi connectivity index (χ0v) is 9.46. The third-order valence-corrected chi connectivity index (χ3v) is 5.17. The van der Waals surface area contributed by atoms with Gasteiger partial charge in [0, 0.05) is 10.1 Å². The van der Waals surface area contributed by atoms with Gasteiger partial charge in [-0.25, -0.2) is 0 Å². The van der Waals surface area contributed by atoms with E-state index in [0.717, 1.165) is 0 Å². The van der Waals surface area contributed by atoms with E-state index in [1.165, 1.54) is 29.0 Å². The maximum absolute atomic E-state index is 6.24. The third kappa shape index (κ3) is 1.92. The van der Waals surface area contributed by atoms with Crippen molar-refractivity contribution >= 4 is 23.1 Å². The van der Waals surface area contributed by atoms with Gasteiger partial charge in [0.05, 0.1) is 6.04 Å². The fourth-order valence-electron chi connectivity index (χ4n) is 1.78. The van der Waals surface area contributed by atoms with Crippen LogP contribution < -0.4 is 5.73 Å². The first kappa shape index (κ1) is 9.56. The number of aryl methyl sites for hydroxylation is 1. The first-order valence-corrected chi connectivity index (χ1v) is 6.63. The van der Waals surface area contributed by atoms with Gasteiger partial charge in [-0.2, -0.15) is 11.8 Å². The van der Waals surface area contributed by atoms with Crippen LogP contribution >= 0.6 is 23.1 Å². The van der Waals surface area contributed by atoms with Crippen LogP contribution in [-0.4, -0.2) is 11.0 Å². The van der Waals surface area contributed by atoms with Gasteiger partial charge in [-0.3, -0.25) is 0 Å². The molecular weight excluding hydrogens is 198 g/mol. The molecule has 2 N–H and O–H groups in total. The molecule has 0 amide bonds. The van der Waals surface area contributed by atoms with Crippen LogP contribution in [0.5, 0.6) is 0 Å². The summed E-state index contributed by atoms with van der Waals surface area (Å²) in [6, 6.07) is 2.44. The molecule has 0 aliphatic carbocycles. The van der Waals surface area contributed by atoms with Crippen LogP contribution in [0.4, 0.5) is 0 Å². The average molecular weight is 213 g/mol. The largest absolute Gasteiger partial charge is 0.322 e. The van der Waals surface area contributed by atoms with Gasteiger partial charge in [0.1, 0.15) is 0 Å². The molecule has 0 spiro atoms. The molecule has 2 unspecified atom stereocenters. The molecule has 3 heteroatoms. The molecule has 1 aromatic heterocycles. The Bertz CT molecular complexity index is 276. The summed E-state index contributed by atoms with van der Waals surface area (Å²) < 4.78 is 0. The van der Waals surface area contributed by atoms with Gasteiger partial charge in [-0.15, -0.1) is 11.3 Å². The Morgan fingerprint density at radius 1 is 1.62 bits per heavy atom. The molecule has 0 radical (unpaired) electrons. The molecule has 1 fully saturated rings. The van der Waals surface area contributed by atoms with Gasteiger partial charge in [-0.1, -0.05) is 0 Å². The maximum atomic E-state index is 6.24. The molecule has 1 saturated heterocycles. The van der Waals surface area contributed by atoms with Gasteiger partial charge in [0.25, 0.3) is 0 Å². The lowest BCUT2D eigenvalue weighted by Gasteiger charge is -2.17. The van der Waals surface area contributed by atoms with Crippen molar-refractivity contribution in [1.82, 2.24) is 0 Å². The second-order valence-corrected chi connectivity index (χ2v) is 5.84. The highest BCUT2D eigenvalue weighted by atomic mass is 32.2. The van der Waals surface area contributed by atoms with Crippen LogP contribution in [-0.2, 0) is 0 Å². The van der Waals surface area contributed by atoms with Crippen LogP contribution in [0, 0.1) is 6.92 Å². The van der Waals surface area contributed by atoms with Crippen molar-refractivity contribution in [2.45, 2.75) is 31.1 Å². The Morgan fingerprint density at radius 3 is 3.00 bits per heavy atom. The second kappa shape index (κ2) is 4.03. The van der Waals surface area contributed by atoms with Crippen molar-refractivity contribution in [1.29, 1.82) is 0 Å². The minimum Gasteiger partial charge on any atom is -0.322 e. The normalized spacial score (nSPS) is 24.9. The maximum Gasteiger partial charge on any atom is 0.0513 e. The second-order valence-electron chi connectivity index (χ2n) is 3.55. The Balaban J connectivity index is 2.12. The minimum atomic E-state index is 0.271. The molecule has 0 saturated carbocycles. The van der Waals surface area contributed by atoms with Crippen molar-refractivity contribution in [3.8, 4) is 0 Å². The molecule has 1 aliphatic heterocycles. The van der Waals surface area contributed by atoms with Crippen LogP contribution in [0.25, 0.3) is 0 Å². The van der Waals surface area contributed by atoms with Crippen LogP contribution in [0.3, 0.4) is 0 Å². The highest BCUT2D eigenvalue weighted by Gasteiger charge is 2.25. The van der Waals surface area contributed by atoms with Crippen LogP contribution in [0.1, 0.15) is 29.3 Å². The predicted octanol–water partition coefficient (Wildman–Crippen LogP) is 2.95. The fourth-order valence-corrected chi connectivity index (χ4v) is 4.17. The third-order valence-electron chi connectivity index (χ3n) is 2.57. The molecule has 2 atom stereocenters. The first-order valence-electron chi connectivity index (χ1n) is 4.70. The molecule has 2 rings (SSSR count). The lowest BCUT2D eigenvalue weighted by atomic mass is 10.1. The Morgan fingerprint density at radius 2 is 2.46 bits per heavy atom. The van der Waals surface area contributed by atoms with Gasteiger partial charge in [-0.05, 0) is 42.5 Å². The molecule has 0 bridgehead atoms. The van der Waals surface area contributed by atoms with Crippen LogP contribution in [0.2, 0.25) is 0 Å². The Labute approximate surface area is 87.7 Å². The molecule has 13 heavy (non-hydrogen) atoms. The fraction of sp³-hybridized carbons (Fsp3) is 0.600. The van der Waals surface area contributed by atoms with Crippen molar-refractivity contribution in [3.63, 3.8) is 0 Å². The Kier molecular flexibility index (Phi) is 2.96. The van der Waals surface area contributed by atoms with E-state index < -0.39 is 0 Å². The molecule has 0 aromatic carbocycles. The van der Waals surface area contributed by atoms with Gasteiger partial charge in [0.2, 0.25) is 0 Å². The summed E-state index contributed by atoms with van der Waals surface area (Å²) in [4.78, 5) is 1.39. The highest BCUT2D eigenvalue weighted by molar-refractivity contribution is 8.00. The summed E-state index contributed by atoms with van der Waals surface area (Å²) >= 11 is 3.85. The number of thioether (sulfide) groups is 1. The lowest BCUT2D eigenvalue weighted by molar-refractivity contribution is 0.652. The van der Waals surface area contributed by atoms with E-state index in [9.17, 15) is 0 Å².